The van der Waals surface area contributed by atoms with Crippen LogP contribution in [0.5, 0.6) is 11.5 Å². The summed E-state index contributed by atoms with van der Waals surface area (Å²) in [7, 11) is -4.09. The van der Waals surface area contributed by atoms with Crippen molar-refractivity contribution in [3.05, 3.63) is 53.6 Å². The van der Waals surface area contributed by atoms with Crippen LogP contribution >= 0.6 is 11.6 Å². The zero-order valence-electron chi connectivity index (χ0n) is 18.6. The van der Waals surface area contributed by atoms with Crippen molar-refractivity contribution in [1.29, 1.82) is 0 Å². The number of halogens is 1. The monoisotopic (exact) mass is 524 g/mol. The maximum atomic E-state index is 13.8. The molecule has 0 spiro atoms. The summed E-state index contributed by atoms with van der Waals surface area (Å²) in [5, 5.41) is 21.8. The van der Waals surface area contributed by atoms with E-state index in [9.17, 15) is 23.2 Å². The van der Waals surface area contributed by atoms with Crippen LogP contribution in [0.4, 0.5) is 0 Å². The number of rotatable bonds is 9. The molecule has 3 atom stereocenters. The summed E-state index contributed by atoms with van der Waals surface area (Å²) in [5.41, 5.74) is 0.0954. The average molecular weight is 525 g/mol. The van der Waals surface area contributed by atoms with Gasteiger partial charge in [0.25, 0.3) is 5.91 Å². The number of aliphatic carboxylic acids is 1. The number of amides is 1. The van der Waals surface area contributed by atoms with E-state index in [1.807, 2.05) is 0 Å². The number of ether oxygens (including phenoxy) is 2. The summed E-state index contributed by atoms with van der Waals surface area (Å²) >= 11 is 5.88. The first-order valence-electron chi connectivity index (χ1n) is 11.0. The van der Waals surface area contributed by atoms with Crippen LogP contribution in [0, 0.1) is 0 Å². The van der Waals surface area contributed by atoms with Crippen molar-refractivity contribution in [2.75, 3.05) is 6.54 Å². The number of hydroxylamine groups is 1. The van der Waals surface area contributed by atoms with E-state index >= 15 is 0 Å². The second-order valence-corrected chi connectivity index (χ2v) is 11.4. The third-order valence-electron chi connectivity index (χ3n) is 6.39. The molecule has 0 aromatic heterocycles. The van der Waals surface area contributed by atoms with Crippen molar-refractivity contribution in [3.8, 4) is 11.5 Å². The summed E-state index contributed by atoms with van der Waals surface area (Å²) in [6.45, 7) is -0.0810. The van der Waals surface area contributed by atoms with E-state index in [4.69, 9.17) is 26.2 Å². The second-order valence-electron chi connectivity index (χ2n) is 8.69. The number of sulfone groups is 1. The highest BCUT2D eigenvalue weighted by molar-refractivity contribution is 7.92. The number of benzene rings is 2. The van der Waals surface area contributed by atoms with Gasteiger partial charge in [-0.25, -0.2) is 13.9 Å². The lowest BCUT2D eigenvalue weighted by atomic mass is 9.85. The van der Waals surface area contributed by atoms with Gasteiger partial charge in [-0.1, -0.05) is 11.6 Å². The fourth-order valence-corrected chi connectivity index (χ4v) is 6.87. The minimum Gasteiger partial charge on any atom is -0.481 e. The molecule has 10 nitrogen and oxygen atoms in total. The molecular weight excluding hydrogens is 500 g/mol. The van der Waals surface area contributed by atoms with E-state index in [2.05, 4.69) is 5.32 Å². The first-order valence-corrected chi connectivity index (χ1v) is 12.8. The van der Waals surface area contributed by atoms with Crippen LogP contribution in [0.15, 0.2) is 53.4 Å². The quantitative estimate of drug-likeness (QED) is 0.286. The number of nitrogens with one attached hydrogen (secondary N) is 2. The first kappa shape index (κ1) is 25.4. The second kappa shape index (κ2) is 9.75. The van der Waals surface area contributed by atoms with E-state index < -0.39 is 38.3 Å². The molecule has 3 unspecified atom stereocenters. The third-order valence-corrected chi connectivity index (χ3v) is 8.96. The van der Waals surface area contributed by atoms with Gasteiger partial charge in [0.1, 0.15) is 17.0 Å². The number of carboxylic acid groups (broad SMARTS) is 1. The Kier molecular flexibility index (Phi) is 7.07. The van der Waals surface area contributed by atoms with Crippen molar-refractivity contribution in [1.82, 2.24) is 10.8 Å². The summed E-state index contributed by atoms with van der Waals surface area (Å²) in [5.74, 6) is -0.952. The molecule has 35 heavy (non-hydrogen) atoms. The van der Waals surface area contributed by atoms with E-state index in [1.165, 1.54) is 24.3 Å². The summed E-state index contributed by atoms with van der Waals surface area (Å²) in [4.78, 5) is 21.9. The lowest BCUT2D eigenvalue weighted by Gasteiger charge is -2.44. The molecule has 2 aromatic carbocycles. The van der Waals surface area contributed by atoms with Crippen LogP contribution in [0.3, 0.4) is 0 Å². The van der Waals surface area contributed by atoms with Crippen LogP contribution in [0.2, 0.25) is 5.02 Å². The Morgan fingerprint density at radius 1 is 1.11 bits per heavy atom. The Labute approximate surface area is 207 Å². The van der Waals surface area contributed by atoms with Crippen LogP contribution in [-0.4, -0.2) is 53.7 Å². The minimum absolute atomic E-state index is 0.00708. The van der Waals surface area contributed by atoms with Crippen LogP contribution in [0.25, 0.3) is 0 Å². The maximum absolute atomic E-state index is 13.8. The predicted octanol–water partition coefficient (Wildman–Crippen LogP) is 2.88. The van der Waals surface area contributed by atoms with Crippen LogP contribution in [-0.2, 0) is 24.2 Å². The largest absolute Gasteiger partial charge is 0.481 e. The molecule has 2 aromatic rings. The van der Waals surface area contributed by atoms with E-state index in [1.54, 1.807) is 29.7 Å². The molecule has 188 valence electrons. The first-order chi connectivity index (χ1) is 16.6. The van der Waals surface area contributed by atoms with Gasteiger partial charge >= 0.3 is 5.97 Å². The molecule has 2 heterocycles. The highest BCUT2D eigenvalue weighted by Gasteiger charge is 2.62. The van der Waals surface area contributed by atoms with Crippen molar-refractivity contribution in [2.45, 2.75) is 53.6 Å². The number of hydrogen-bond donors (Lipinski definition) is 4. The topological polar surface area (TPSA) is 151 Å². The normalized spacial score (nSPS) is 25.7. The molecule has 2 fully saturated rings. The van der Waals surface area contributed by atoms with Gasteiger partial charge in [0.2, 0.25) is 9.84 Å². The van der Waals surface area contributed by atoms with Crippen molar-refractivity contribution in [3.63, 3.8) is 0 Å². The molecule has 2 saturated heterocycles. The van der Waals surface area contributed by atoms with Gasteiger partial charge in [-0.3, -0.25) is 14.8 Å². The standard InChI is InChI=1S/C23H25ClN2O8S/c24-15-1-3-16(4-2-15)33-17-5-7-19(8-6-17)35(31,32)23-11-9-18(34-23)13-22(14-23,21(29)26-30)25-12-10-20(27)28/h1-8,18,25,30H,9-14H2,(H,26,29)(H,27,28). The van der Waals surface area contributed by atoms with E-state index in [-0.39, 0.29) is 37.1 Å². The summed E-state index contributed by atoms with van der Waals surface area (Å²) in [6.07, 6.45) is -0.457. The average Bonchev–Trinajstić information content (AvgIpc) is 3.16. The SMILES string of the molecule is O=C(O)CCNC1(C(=O)NO)CC2CCC(S(=O)(=O)c3ccc(Oc4ccc(Cl)cc4)cc3)(C1)O2. The Balaban J connectivity index is 1.60. The van der Waals surface area contributed by atoms with Crippen molar-refractivity contribution >= 4 is 33.3 Å². The number of fused-ring (bicyclic) bond motifs is 2. The molecule has 0 aliphatic carbocycles. The fraction of sp³-hybridized carbons (Fsp3) is 0.391. The van der Waals surface area contributed by atoms with E-state index in [0.717, 1.165) is 0 Å². The highest BCUT2D eigenvalue weighted by atomic mass is 35.5. The van der Waals surface area contributed by atoms with Gasteiger partial charge in [0, 0.05) is 24.4 Å². The Hall–Kier alpha value is -2.70. The molecule has 2 bridgehead atoms. The molecule has 4 rings (SSSR count). The van der Waals surface area contributed by atoms with Gasteiger partial charge in [0.05, 0.1) is 17.4 Å². The molecule has 4 N–H and O–H groups in total. The summed E-state index contributed by atoms with van der Waals surface area (Å²) < 4.78 is 39.2. The Bertz CT molecular complexity index is 1210. The predicted molar refractivity (Wildman–Crippen MR) is 124 cm³/mol. The molecule has 12 heteroatoms. The van der Waals surface area contributed by atoms with Crippen molar-refractivity contribution in [2.24, 2.45) is 0 Å². The molecule has 1 amide bonds. The number of carboxylic acids is 1. The van der Waals surface area contributed by atoms with Gasteiger partial charge < -0.3 is 19.9 Å². The van der Waals surface area contributed by atoms with Crippen LogP contribution < -0.4 is 15.5 Å². The number of carbonyl (C=O) groups is 2. The molecular formula is C23H25ClN2O8S. The maximum Gasteiger partial charge on any atom is 0.304 e. The van der Waals surface area contributed by atoms with Gasteiger partial charge in [-0.2, -0.15) is 0 Å². The zero-order valence-corrected chi connectivity index (χ0v) is 20.1. The highest BCUT2D eigenvalue weighted by Crippen LogP contribution is 2.51. The number of hydrogen-bond acceptors (Lipinski definition) is 8. The number of carbonyl (C=O) groups excluding carboxylic acids is 1. The lowest BCUT2D eigenvalue weighted by Crippen LogP contribution is -2.65. The molecule has 2 aliphatic heterocycles. The Morgan fingerprint density at radius 2 is 1.74 bits per heavy atom. The fourth-order valence-electron chi connectivity index (χ4n) is 4.73. The lowest BCUT2D eigenvalue weighted by molar-refractivity contribution is -0.147. The Morgan fingerprint density at radius 3 is 2.34 bits per heavy atom. The van der Waals surface area contributed by atoms with Crippen molar-refractivity contribution < 1.29 is 37.8 Å². The molecule has 0 saturated carbocycles. The van der Waals surface area contributed by atoms with E-state index in [0.29, 0.717) is 22.9 Å². The van der Waals surface area contributed by atoms with Gasteiger partial charge in [0.15, 0.2) is 4.93 Å². The van der Waals surface area contributed by atoms with Crippen LogP contribution in [0.1, 0.15) is 32.1 Å². The van der Waals surface area contributed by atoms with Gasteiger partial charge in [-0.05, 0) is 61.4 Å². The molecule has 0 radical (unpaired) electrons. The minimum atomic E-state index is -4.09. The summed E-state index contributed by atoms with van der Waals surface area (Å²) in [6, 6.07) is 12.6. The smallest absolute Gasteiger partial charge is 0.304 e. The third kappa shape index (κ3) is 5.00. The van der Waals surface area contributed by atoms with Gasteiger partial charge in [-0.15, -0.1) is 0 Å². The molecule has 2 aliphatic rings. The zero-order chi connectivity index (χ0) is 25.3.